The SMILES string of the molecule is COc1ccc(Cl)cc1C(=O)C(O)C1CCCCC1. The van der Waals surface area contributed by atoms with Crippen LogP contribution in [0.25, 0.3) is 0 Å². The minimum Gasteiger partial charge on any atom is -0.496 e. The van der Waals surface area contributed by atoms with E-state index in [4.69, 9.17) is 16.3 Å². The highest BCUT2D eigenvalue weighted by atomic mass is 35.5. The van der Waals surface area contributed by atoms with Gasteiger partial charge in [0.15, 0.2) is 5.78 Å². The van der Waals surface area contributed by atoms with Gasteiger partial charge in [-0.3, -0.25) is 4.79 Å². The van der Waals surface area contributed by atoms with Crippen LogP contribution in [0.4, 0.5) is 0 Å². The summed E-state index contributed by atoms with van der Waals surface area (Å²) in [6.45, 7) is 0. The van der Waals surface area contributed by atoms with E-state index < -0.39 is 6.10 Å². The number of ether oxygens (including phenoxy) is 1. The number of aliphatic hydroxyl groups is 1. The highest BCUT2D eigenvalue weighted by Crippen LogP contribution is 2.30. The molecule has 1 aromatic rings. The lowest BCUT2D eigenvalue weighted by atomic mass is 9.82. The first-order valence-corrected chi connectivity index (χ1v) is 7.07. The summed E-state index contributed by atoms with van der Waals surface area (Å²) in [5.41, 5.74) is 0.369. The maximum atomic E-state index is 12.4. The number of halogens is 1. The van der Waals surface area contributed by atoms with E-state index in [-0.39, 0.29) is 11.7 Å². The van der Waals surface area contributed by atoms with Gasteiger partial charge in [0.2, 0.25) is 0 Å². The molecule has 0 aromatic heterocycles. The molecule has 2 rings (SSSR count). The molecule has 0 aliphatic heterocycles. The van der Waals surface area contributed by atoms with Gasteiger partial charge in [-0.25, -0.2) is 0 Å². The summed E-state index contributed by atoms with van der Waals surface area (Å²) in [5.74, 6) is 0.237. The zero-order valence-electron chi connectivity index (χ0n) is 11.1. The van der Waals surface area contributed by atoms with E-state index in [1.807, 2.05) is 0 Å². The van der Waals surface area contributed by atoms with Gasteiger partial charge in [0.25, 0.3) is 0 Å². The van der Waals surface area contributed by atoms with Gasteiger partial charge in [-0.2, -0.15) is 0 Å². The van der Waals surface area contributed by atoms with Crippen LogP contribution in [0.3, 0.4) is 0 Å². The molecule has 0 radical (unpaired) electrons. The van der Waals surface area contributed by atoms with Gasteiger partial charge in [-0.1, -0.05) is 30.9 Å². The number of carbonyl (C=O) groups is 1. The van der Waals surface area contributed by atoms with Crippen LogP contribution in [0.1, 0.15) is 42.5 Å². The van der Waals surface area contributed by atoms with E-state index in [1.54, 1.807) is 18.2 Å². The van der Waals surface area contributed by atoms with E-state index in [9.17, 15) is 9.90 Å². The van der Waals surface area contributed by atoms with Gasteiger partial charge in [-0.05, 0) is 37.0 Å². The zero-order valence-corrected chi connectivity index (χ0v) is 11.8. The Hall–Kier alpha value is -1.06. The van der Waals surface area contributed by atoms with Crippen molar-refractivity contribution < 1.29 is 14.6 Å². The van der Waals surface area contributed by atoms with Gasteiger partial charge >= 0.3 is 0 Å². The van der Waals surface area contributed by atoms with E-state index in [0.29, 0.717) is 16.3 Å². The van der Waals surface area contributed by atoms with E-state index in [0.717, 1.165) is 25.7 Å². The fraction of sp³-hybridized carbons (Fsp3) is 0.533. The Labute approximate surface area is 118 Å². The van der Waals surface area contributed by atoms with Crippen LogP contribution in [0, 0.1) is 5.92 Å². The van der Waals surface area contributed by atoms with Gasteiger partial charge < -0.3 is 9.84 Å². The van der Waals surface area contributed by atoms with Crippen molar-refractivity contribution in [2.45, 2.75) is 38.2 Å². The Morgan fingerprint density at radius 1 is 1.37 bits per heavy atom. The molecule has 1 aromatic carbocycles. The van der Waals surface area contributed by atoms with E-state index >= 15 is 0 Å². The molecular formula is C15H19ClO3. The summed E-state index contributed by atoms with van der Waals surface area (Å²) in [7, 11) is 1.51. The largest absolute Gasteiger partial charge is 0.496 e. The zero-order chi connectivity index (χ0) is 13.8. The topological polar surface area (TPSA) is 46.5 Å². The molecule has 19 heavy (non-hydrogen) atoms. The minimum absolute atomic E-state index is 0.0601. The van der Waals surface area contributed by atoms with Crippen molar-refractivity contribution >= 4 is 17.4 Å². The number of hydrogen-bond acceptors (Lipinski definition) is 3. The lowest BCUT2D eigenvalue weighted by Gasteiger charge is -2.26. The van der Waals surface area contributed by atoms with Crippen LogP contribution < -0.4 is 4.74 Å². The predicted molar refractivity (Wildman–Crippen MR) is 74.9 cm³/mol. The Morgan fingerprint density at radius 3 is 2.68 bits per heavy atom. The number of aliphatic hydroxyl groups excluding tert-OH is 1. The van der Waals surface area contributed by atoms with Gasteiger partial charge in [0, 0.05) is 5.02 Å². The molecule has 1 fully saturated rings. The number of methoxy groups -OCH3 is 1. The summed E-state index contributed by atoms with van der Waals surface area (Å²) in [6, 6.07) is 4.89. The van der Waals surface area contributed by atoms with Crippen LogP contribution in [-0.2, 0) is 0 Å². The van der Waals surface area contributed by atoms with Crippen LogP contribution in [0.5, 0.6) is 5.75 Å². The first kappa shape index (κ1) is 14.4. The van der Waals surface area contributed by atoms with Crippen molar-refractivity contribution in [2.75, 3.05) is 7.11 Å². The number of hydrogen-bond donors (Lipinski definition) is 1. The number of benzene rings is 1. The van der Waals surface area contributed by atoms with Crippen molar-refractivity contribution in [3.05, 3.63) is 28.8 Å². The second-order valence-corrected chi connectivity index (χ2v) is 5.49. The van der Waals surface area contributed by atoms with E-state index in [2.05, 4.69) is 0 Å². The molecule has 1 aliphatic rings. The lowest BCUT2D eigenvalue weighted by Crippen LogP contribution is -2.31. The van der Waals surface area contributed by atoms with Crippen molar-refractivity contribution in [3.63, 3.8) is 0 Å². The molecular weight excluding hydrogens is 264 g/mol. The highest BCUT2D eigenvalue weighted by Gasteiger charge is 2.29. The maximum Gasteiger partial charge on any atom is 0.195 e. The van der Waals surface area contributed by atoms with Crippen molar-refractivity contribution in [1.82, 2.24) is 0 Å². The summed E-state index contributed by atoms with van der Waals surface area (Å²) in [6.07, 6.45) is 4.24. The van der Waals surface area contributed by atoms with Crippen molar-refractivity contribution in [2.24, 2.45) is 5.92 Å². The molecule has 1 unspecified atom stereocenters. The molecule has 4 heteroatoms. The van der Waals surface area contributed by atoms with Crippen LogP contribution in [0.15, 0.2) is 18.2 Å². The summed E-state index contributed by atoms with van der Waals surface area (Å²) in [4.78, 5) is 12.4. The number of Topliss-reactive ketones (excluding diaryl/α,β-unsaturated/α-hetero) is 1. The molecule has 0 spiro atoms. The molecule has 1 atom stereocenters. The van der Waals surface area contributed by atoms with Crippen molar-refractivity contribution in [3.8, 4) is 5.75 Å². The monoisotopic (exact) mass is 282 g/mol. The number of rotatable bonds is 4. The molecule has 1 N–H and O–H groups in total. The molecule has 1 saturated carbocycles. The maximum absolute atomic E-state index is 12.4. The summed E-state index contributed by atoms with van der Waals surface area (Å²) >= 11 is 5.92. The second kappa shape index (κ2) is 6.40. The van der Waals surface area contributed by atoms with Gasteiger partial charge in [-0.15, -0.1) is 0 Å². The normalized spacial score (nSPS) is 18.1. The molecule has 0 amide bonds. The van der Waals surface area contributed by atoms with Crippen LogP contribution in [-0.4, -0.2) is 24.1 Å². The molecule has 104 valence electrons. The molecule has 0 bridgehead atoms. The third-order valence-corrected chi connectivity index (χ3v) is 4.03. The average molecular weight is 283 g/mol. The second-order valence-electron chi connectivity index (χ2n) is 5.05. The standard InChI is InChI=1S/C15H19ClO3/c1-19-13-8-7-11(16)9-12(13)15(18)14(17)10-5-3-2-4-6-10/h7-10,14,17H,2-6H2,1H3. The predicted octanol–water partition coefficient (Wildman–Crippen LogP) is 3.47. The summed E-state index contributed by atoms with van der Waals surface area (Å²) in [5, 5.41) is 10.7. The molecule has 0 saturated heterocycles. The molecule has 1 aliphatic carbocycles. The van der Waals surface area contributed by atoms with Crippen LogP contribution >= 0.6 is 11.6 Å². The lowest BCUT2D eigenvalue weighted by molar-refractivity contribution is 0.0532. The minimum atomic E-state index is -0.951. The fourth-order valence-corrected chi connectivity index (χ4v) is 2.87. The number of carbonyl (C=O) groups excluding carboxylic acids is 1. The smallest absolute Gasteiger partial charge is 0.195 e. The van der Waals surface area contributed by atoms with Gasteiger partial charge in [0.1, 0.15) is 11.9 Å². The Bertz CT molecular complexity index is 453. The Morgan fingerprint density at radius 2 is 2.05 bits per heavy atom. The van der Waals surface area contributed by atoms with Crippen LogP contribution in [0.2, 0.25) is 5.02 Å². The Balaban J connectivity index is 2.20. The first-order chi connectivity index (χ1) is 9.13. The van der Waals surface area contributed by atoms with Gasteiger partial charge in [0.05, 0.1) is 12.7 Å². The third kappa shape index (κ3) is 3.28. The molecule has 3 nitrogen and oxygen atoms in total. The fourth-order valence-electron chi connectivity index (χ4n) is 2.70. The first-order valence-electron chi connectivity index (χ1n) is 6.69. The average Bonchev–Trinajstić information content (AvgIpc) is 2.46. The quantitative estimate of drug-likeness (QED) is 0.860. The third-order valence-electron chi connectivity index (χ3n) is 3.79. The van der Waals surface area contributed by atoms with E-state index in [1.165, 1.54) is 13.5 Å². The Kier molecular flexibility index (Phi) is 4.83. The highest BCUT2D eigenvalue weighted by molar-refractivity contribution is 6.31. The summed E-state index contributed by atoms with van der Waals surface area (Å²) < 4.78 is 5.17. The molecule has 0 heterocycles. The van der Waals surface area contributed by atoms with Crippen molar-refractivity contribution in [1.29, 1.82) is 0 Å². The number of ketones is 1.